The molecule has 1 N–H and O–H groups in total. The Morgan fingerprint density at radius 3 is 2.77 bits per heavy atom. The minimum Gasteiger partial charge on any atom is -0.351 e. The summed E-state index contributed by atoms with van der Waals surface area (Å²) in [6, 6.07) is 7.29. The molecule has 0 aliphatic carbocycles. The lowest BCUT2D eigenvalue weighted by atomic mass is 10.1. The zero-order valence-electron chi connectivity index (χ0n) is 12.6. The van der Waals surface area contributed by atoms with Gasteiger partial charge in [0, 0.05) is 13.1 Å². The highest BCUT2D eigenvalue weighted by molar-refractivity contribution is 5.82. The topological polar surface area (TPSA) is 32.3 Å². The molecule has 0 bridgehead atoms. The summed E-state index contributed by atoms with van der Waals surface area (Å²) < 4.78 is 37.0. The molecular formula is C16H21F3N2O. The van der Waals surface area contributed by atoms with Crippen LogP contribution < -0.4 is 5.32 Å². The van der Waals surface area contributed by atoms with Gasteiger partial charge in [-0.05, 0) is 37.4 Å². The van der Waals surface area contributed by atoms with E-state index in [0.29, 0.717) is 19.5 Å². The SMILES string of the molecule is Cc1ccccc1CNC(=O)[C@H]1CCCN1CCC(F)(F)F. The van der Waals surface area contributed by atoms with Crippen molar-refractivity contribution in [1.29, 1.82) is 0 Å². The van der Waals surface area contributed by atoms with Crippen LogP contribution in [-0.4, -0.2) is 36.1 Å². The van der Waals surface area contributed by atoms with E-state index in [9.17, 15) is 18.0 Å². The van der Waals surface area contributed by atoms with Gasteiger partial charge in [-0.3, -0.25) is 9.69 Å². The van der Waals surface area contributed by atoms with E-state index in [2.05, 4.69) is 5.32 Å². The molecule has 1 atom stereocenters. The van der Waals surface area contributed by atoms with E-state index < -0.39 is 18.6 Å². The molecule has 1 aliphatic heterocycles. The number of carbonyl (C=O) groups is 1. The van der Waals surface area contributed by atoms with Crippen molar-refractivity contribution in [1.82, 2.24) is 10.2 Å². The molecule has 1 aliphatic rings. The highest BCUT2D eigenvalue weighted by Gasteiger charge is 2.34. The molecule has 0 spiro atoms. The molecule has 1 aromatic carbocycles. The van der Waals surface area contributed by atoms with E-state index >= 15 is 0 Å². The Morgan fingerprint density at radius 1 is 1.36 bits per heavy atom. The average Bonchev–Trinajstić information content (AvgIpc) is 2.92. The number of alkyl halides is 3. The molecule has 6 heteroatoms. The number of amides is 1. The van der Waals surface area contributed by atoms with Gasteiger partial charge in [0.15, 0.2) is 0 Å². The summed E-state index contributed by atoms with van der Waals surface area (Å²) >= 11 is 0. The van der Waals surface area contributed by atoms with Gasteiger partial charge in [-0.25, -0.2) is 0 Å². The van der Waals surface area contributed by atoms with Gasteiger partial charge in [-0.15, -0.1) is 0 Å². The van der Waals surface area contributed by atoms with Gasteiger partial charge >= 0.3 is 6.18 Å². The number of carbonyl (C=O) groups excluding carboxylic acids is 1. The van der Waals surface area contributed by atoms with Crippen LogP contribution in [-0.2, 0) is 11.3 Å². The van der Waals surface area contributed by atoms with E-state index in [1.54, 1.807) is 4.90 Å². The van der Waals surface area contributed by atoms with E-state index in [1.807, 2.05) is 31.2 Å². The molecule has 0 radical (unpaired) electrons. The predicted octanol–water partition coefficient (Wildman–Crippen LogP) is 3.03. The number of aryl methyl sites for hydroxylation is 1. The Bertz CT molecular complexity index is 516. The fourth-order valence-electron chi connectivity index (χ4n) is 2.77. The number of halogens is 3. The van der Waals surface area contributed by atoms with Crippen molar-refractivity contribution in [2.75, 3.05) is 13.1 Å². The van der Waals surface area contributed by atoms with Crippen molar-refractivity contribution in [3.8, 4) is 0 Å². The second-order valence-corrected chi connectivity index (χ2v) is 5.70. The van der Waals surface area contributed by atoms with E-state index in [4.69, 9.17) is 0 Å². The van der Waals surface area contributed by atoms with Crippen LogP contribution in [0, 0.1) is 6.92 Å². The minimum absolute atomic E-state index is 0.105. The Kier molecular flexibility index (Phi) is 5.45. The van der Waals surface area contributed by atoms with E-state index in [1.165, 1.54) is 0 Å². The molecule has 2 rings (SSSR count). The second-order valence-electron chi connectivity index (χ2n) is 5.70. The maximum absolute atomic E-state index is 12.3. The normalized spacial score (nSPS) is 19.4. The average molecular weight is 314 g/mol. The van der Waals surface area contributed by atoms with Crippen molar-refractivity contribution in [3.63, 3.8) is 0 Å². The minimum atomic E-state index is -4.18. The number of hydrogen-bond acceptors (Lipinski definition) is 2. The lowest BCUT2D eigenvalue weighted by Gasteiger charge is -2.24. The third-order valence-corrected chi connectivity index (χ3v) is 4.06. The standard InChI is InChI=1S/C16H21F3N2O/c1-12-5-2-3-6-13(12)11-20-15(22)14-7-4-9-21(14)10-8-16(17,18)19/h2-3,5-6,14H,4,7-11H2,1H3,(H,20,22)/t14-/m1/s1. The van der Waals surface area contributed by atoms with Crippen LogP contribution in [0.2, 0.25) is 0 Å². The number of hydrogen-bond donors (Lipinski definition) is 1. The van der Waals surface area contributed by atoms with Gasteiger partial charge in [0.25, 0.3) is 0 Å². The van der Waals surface area contributed by atoms with Crippen molar-refractivity contribution in [2.45, 2.75) is 44.9 Å². The zero-order chi connectivity index (χ0) is 16.2. The number of likely N-dealkylation sites (tertiary alicyclic amines) is 1. The molecule has 1 fully saturated rings. The summed E-state index contributed by atoms with van der Waals surface area (Å²) in [6.45, 7) is 2.83. The molecule has 122 valence electrons. The fraction of sp³-hybridized carbons (Fsp3) is 0.562. The first-order chi connectivity index (χ1) is 10.4. The lowest BCUT2D eigenvalue weighted by molar-refractivity contribution is -0.141. The molecule has 3 nitrogen and oxygen atoms in total. The van der Waals surface area contributed by atoms with Gasteiger partial charge in [-0.1, -0.05) is 24.3 Å². The molecule has 0 saturated carbocycles. The molecule has 1 aromatic rings. The summed E-state index contributed by atoms with van der Waals surface area (Å²) in [5.74, 6) is -0.178. The van der Waals surface area contributed by atoms with Gasteiger partial charge in [0.2, 0.25) is 5.91 Å². The maximum Gasteiger partial charge on any atom is 0.390 e. The lowest BCUT2D eigenvalue weighted by Crippen LogP contribution is -2.44. The maximum atomic E-state index is 12.3. The molecule has 1 amide bonds. The van der Waals surface area contributed by atoms with Crippen LogP contribution in [0.15, 0.2) is 24.3 Å². The predicted molar refractivity (Wildman–Crippen MR) is 78.3 cm³/mol. The van der Waals surface area contributed by atoms with Gasteiger partial charge in [0.1, 0.15) is 0 Å². The van der Waals surface area contributed by atoms with Crippen LogP contribution in [0.1, 0.15) is 30.4 Å². The molecule has 22 heavy (non-hydrogen) atoms. The van der Waals surface area contributed by atoms with Crippen molar-refractivity contribution >= 4 is 5.91 Å². The molecule has 1 heterocycles. The Morgan fingerprint density at radius 2 is 2.09 bits per heavy atom. The number of nitrogens with one attached hydrogen (secondary N) is 1. The molecule has 0 aromatic heterocycles. The van der Waals surface area contributed by atoms with E-state index in [-0.39, 0.29) is 12.5 Å². The van der Waals surface area contributed by atoms with Crippen LogP contribution >= 0.6 is 0 Å². The quantitative estimate of drug-likeness (QED) is 0.906. The Balaban J connectivity index is 1.87. The zero-order valence-corrected chi connectivity index (χ0v) is 12.6. The summed E-state index contributed by atoms with van der Waals surface area (Å²) in [4.78, 5) is 13.9. The monoisotopic (exact) mass is 314 g/mol. The smallest absolute Gasteiger partial charge is 0.351 e. The van der Waals surface area contributed by atoms with E-state index in [0.717, 1.165) is 17.5 Å². The Hall–Kier alpha value is -1.56. The molecular weight excluding hydrogens is 293 g/mol. The number of benzene rings is 1. The summed E-state index contributed by atoms with van der Waals surface area (Å²) in [5, 5.41) is 2.85. The van der Waals surface area contributed by atoms with Gasteiger partial charge in [-0.2, -0.15) is 13.2 Å². The summed E-state index contributed by atoms with van der Waals surface area (Å²) in [7, 11) is 0. The van der Waals surface area contributed by atoms with Crippen molar-refractivity contribution < 1.29 is 18.0 Å². The van der Waals surface area contributed by atoms with Crippen LogP contribution in [0.5, 0.6) is 0 Å². The molecule has 1 saturated heterocycles. The first-order valence-electron chi connectivity index (χ1n) is 7.50. The first-order valence-corrected chi connectivity index (χ1v) is 7.50. The summed E-state index contributed by atoms with van der Waals surface area (Å²) in [5.41, 5.74) is 2.11. The molecule has 0 unspecified atom stereocenters. The van der Waals surface area contributed by atoms with Crippen molar-refractivity contribution in [3.05, 3.63) is 35.4 Å². The highest BCUT2D eigenvalue weighted by atomic mass is 19.4. The first kappa shape index (κ1) is 16.8. The second kappa shape index (κ2) is 7.13. The fourth-order valence-corrected chi connectivity index (χ4v) is 2.77. The number of nitrogens with zero attached hydrogens (tertiary/aromatic N) is 1. The van der Waals surface area contributed by atoms with Crippen molar-refractivity contribution in [2.24, 2.45) is 0 Å². The largest absolute Gasteiger partial charge is 0.390 e. The van der Waals surface area contributed by atoms with Crippen LogP contribution in [0.25, 0.3) is 0 Å². The highest BCUT2D eigenvalue weighted by Crippen LogP contribution is 2.24. The number of rotatable bonds is 5. The Labute approximate surface area is 128 Å². The third-order valence-electron chi connectivity index (χ3n) is 4.06. The van der Waals surface area contributed by atoms with Crippen LogP contribution in [0.4, 0.5) is 13.2 Å². The van der Waals surface area contributed by atoms with Crippen LogP contribution in [0.3, 0.4) is 0 Å². The van der Waals surface area contributed by atoms with Gasteiger partial charge in [0.05, 0.1) is 12.5 Å². The van der Waals surface area contributed by atoms with Gasteiger partial charge < -0.3 is 5.32 Å². The third kappa shape index (κ3) is 4.73. The summed E-state index contributed by atoms with van der Waals surface area (Å²) in [6.07, 6.45) is -3.66.